The zero-order chi connectivity index (χ0) is 10.8. The number of imidazole rings is 1. The first-order chi connectivity index (χ1) is 7.22. The normalized spacial score (nSPS) is 10.5. The highest BCUT2D eigenvalue weighted by molar-refractivity contribution is 5.95. The maximum Gasteiger partial charge on any atom is 0.359 e. The maximum absolute atomic E-state index is 11.5. The lowest BCUT2D eigenvalue weighted by molar-refractivity contribution is 0.0522. The number of anilines is 1. The van der Waals surface area contributed by atoms with Crippen molar-refractivity contribution in [1.82, 2.24) is 9.38 Å². The molecule has 2 heterocycles. The van der Waals surface area contributed by atoms with E-state index >= 15 is 0 Å². The standard InChI is InChI=1S/C10H11N3O2/c1-2-15-10(14)9-8-5-7(11)3-4-13(8)6-12-9/h3-6H,2,11H2,1H3. The van der Waals surface area contributed by atoms with Crippen molar-refractivity contribution in [3.8, 4) is 0 Å². The Balaban J connectivity index is 2.52. The molecule has 0 radical (unpaired) electrons. The van der Waals surface area contributed by atoms with Gasteiger partial charge in [0.25, 0.3) is 0 Å². The second kappa shape index (κ2) is 3.61. The molecule has 0 spiro atoms. The van der Waals surface area contributed by atoms with Gasteiger partial charge in [-0.25, -0.2) is 9.78 Å². The minimum atomic E-state index is -0.425. The summed E-state index contributed by atoms with van der Waals surface area (Å²) in [6, 6.07) is 3.43. The monoisotopic (exact) mass is 205 g/mol. The summed E-state index contributed by atoms with van der Waals surface area (Å²) in [7, 11) is 0. The molecule has 2 aromatic rings. The van der Waals surface area contributed by atoms with Crippen molar-refractivity contribution in [3.05, 3.63) is 30.4 Å². The SMILES string of the molecule is CCOC(=O)c1ncn2ccc(N)cc12. The number of carbonyl (C=O) groups excluding carboxylic acids is 1. The van der Waals surface area contributed by atoms with E-state index in [9.17, 15) is 4.79 Å². The van der Waals surface area contributed by atoms with Crippen LogP contribution in [-0.2, 0) is 4.74 Å². The van der Waals surface area contributed by atoms with E-state index in [2.05, 4.69) is 4.98 Å². The Morgan fingerprint density at radius 2 is 2.47 bits per heavy atom. The summed E-state index contributed by atoms with van der Waals surface area (Å²) in [5, 5.41) is 0. The number of esters is 1. The summed E-state index contributed by atoms with van der Waals surface area (Å²) in [6.07, 6.45) is 3.31. The number of carbonyl (C=O) groups is 1. The van der Waals surface area contributed by atoms with Gasteiger partial charge in [-0.15, -0.1) is 0 Å². The highest BCUT2D eigenvalue weighted by atomic mass is 16.5. The Bertz CT molecular complexity index is 504. The fourth-order valence-corrected chi connectivity index (χ4v) is 1.36. The maximum atomic E-state index is 11.5. The molecule has 0 fully saturated rings. The van der Waals surface area contributed by atoms with Gasteiger partial charge in [0.15, 0.2) is 5.69 Å². The summed E-state index contributed by atoms with van der Waals surface area (Å²) in [5.41, 5.74) is 7.18. The first-order valence-corrected chi connectivity index (χ1v) is 4.61. The lowest BCUT2D eigenvalue weighted by Crippen LogP contribution is -2.05. The van der Waals surface area contributed by atoms with Gasteiger partial charge < -0.3 is 14.9 Å². The van der Waals surface area contributed by atoms with Gasteiger partial charge >= 0.3 is 5.97 Å². The van der Waals surface area contributed by atoms with Crippen LogP contribution in [0.25, 0.3) is 5.52 Å². The van der Waals surface area contributed by atoms with Gasteiger partial charge in [0.1, 0.15) is 6.33 Å². The topological polar surface area (TPSA) is 69.6 Å². The number of ether oxygens (including phenoxy) is 1. The number of aromatic nitrogens is 2. The fraction of sp³-hybridized carbons (Fsp3) is 0.200. The van der Waals surface area contributed by atoms with Gasteiger partial charge in [0.05, 0.1) is 12.1 Å². The van der Waals surface area contributed by atoms with Gasteiger partial charge in [-0.1, -0.05) is 0 Å². The zero-order valence-electron chi connectivity index (χ0n) is 8.30. The van der Waals surface area contributed by atoms with Gasteiger partial charge in [-0.05, 0) is 19.1 Å². The Morgan fingerprint density at radius 3 is 3.20 bits per heavy atom. The largest absolute Gasteiger partial charge is 0.461 e. The van der Waals surface area contributed by atoms with Crippen molar-refractivity contribution in [3.63, 3.8) is 0 Å². The van der Waals surface area contributed by atoms with E-state index in [1.165, 1.54) is 0 Å². The first-order valence-electron chi connectivity index (χ1n) is 4.61. The van der Waals surface area contributed by atoms with E-state index in [1.807, 2.05) is 0 Å². The molecular weight excluding hydrogens is 194 g/mol. The van der Waals surface area contributed by atoms with Crippen molar-refractivity contribution in [1.29, 1.82) is 0 Å². The molecule has 0 aromatic carbocycles. The van der Waals surface area contributed by atoms with Gasteiger partial charge in [0, 0.05) is 11.9 Å². The third-order valence-corrected chi connectivity index (χ3v) is 2.03. The summed E-state index contributed by atoms with van der Waals surface area (Å²) in [4.78, 5) is 15.5. The average molecular weight is 205 g/mol. The van der Waals surface area contributed by atoms with Crippen LogP contribution in [0.5, 0.6) is 0 Å². The van der Waals surface area contributed by atoms with Gasteiger partial charge in [-0.3, -0.25) is 0 Å². The molecule has 0 amide bonds. The number of hydrogen-bond acceptors (Lipinski definition) is 4. The van der Waals surface area contributed by atoms with E-state index in [0.717, 1.165) is 0 Å². The van der Waals surface area contributed by atoms with E-state index in [4.69, 9.17) is 10.5 Å². The van der Waals surface area contributed by atoms with Crippen LogP contribution in [0, 0.1) is 0 Å². The Kier molecular flexibility index (Phi) is 2.29. The lowest BCUT2D eigenvalue weighted by atomic mass is 10.3. The molecule has 0 unspecified atom stereocenters. The van der Waals surface area contributed by atoms with Crippen LogP contribution in [0.1, 0.15) is 17.4 Å². The number of rotatable bonds is 2. The molecule has 5 nitrogen and oxygen atoms in total. The number of pyridine rings is 1. The van der Waals surface area contributed by atoms with E-state index in [1.54, 1.807) is 36.0 Å². The molecule has 2 rings (SSSR count). The quantitative estimate of drug-likeness (QED) is 0.745. The molecule has 0 aliphatic rings. The molecule has 0 saturated carbocycles. The summed E-state index contributed by atoms with van der Waals surface area (Å²) < 4.78 is 6.60. The molecule has 2 N–H and O–H groups in total. The molecule has 2 aromatic heterocycles. The number of hydrogen-bond donors (Lipinski definition) is 1. The van der Waals surface area contributed by atoms with Crippen LogP contribution in [0.4, 0.5) is 5.69 Å². The molecular formula is C10H11N3O2. The smallest absolute Gasteiger partial charge is 0.359 e. The van der Waals surface area contributed by atoms with Crippen LogP contribution < -0.4 is 5.73 Å². The molecule has 0 bridgehead atoms. The molecule has 0 saturated heterocycles. The average Bonchev–Trinajstić information content (AvgIpc) is 2.60. The summed E-state index contributed by atoms with van der Waals surface area (Å²) in [6.45, 7) is 2.09. The highest BCUT2D eigenvalue weighted by Crippen LogP contribution is 2.13. The van der Waals surface area contributed by atoms with Gasteiger partial charge in [0.2, 0.25) is 0 Å². The van der Waals surface area contributed by atoms with Crippen molar-refractivity contribution < 1.29 is 9.53 Å². The van der Waals surface area contributed by atoms with Crippen LogP contribution in [0.3, 0.4) is 0 Å². The molecule has 0 atom stereocenters. The molecule has 15 heavy (non-hydrogen) atoms. The molecule has 0 aliphatic heterocycles. The van der Waals surface area contributed by atoms with E-state index < -0.39 is 5.97 Å². The van der Waals surface area contributed by atoms with Crippen LogP contribution in [-0.4, -0.2) is 22.0 Å². The zero-order valence-corrected chi connectivity index (χ0v) is 8.30. The van der Waals surface area contributed by atoms with Crippen LogP contribution in [0.15, 0.2) is 24.7 Å². The summed E-state index contributed by atoms with van der Waals surface area (Å²) in [5.74, 6) is -0.425. The number of nitrogen functional groups attached to an aromatic ring is 1. The number of fused-ring (bicyclic) bond motifs is 1. The van der Waals surface area contributed by atoms with Gasteiger partial charge in [-0.2, -0.15) is 0 Å². The fourth-order valence-electron chi connectivity index (χ4n) is 1.36. The summed E-state index contributed by atoms with van der Waals surface area (Å²) >= 11 is 0. The highest BCUT2D eigenvalue weighted by Gasteiger charge is 2.13. The third kappa shape index (κ3) is 1.63. The van der Waals surface area contributed by atoms with Crippen LogP contribution >= 0.6 is 0 Å². The molecule has 0 aliphatic carbocycles. The van der Waals surface area contributed by atoms with Crippen molar-refractivity contribution in [2.75, 3.05) is 12.3 Å². The minimum Gasteiger partial charge on any atom is -0.461 e. The third-order valence-electron chi connectivity index (χ3n) is 2.03. The molecule has 5 heteroatoms. The predicted octanol–water partition coefficient (Wildman–Crippen LogP) is 1.09. The number of nitrogens with zero attached hydrogens (tertiary/aromatic N) is 2. The first kappa shape index (κ1) is 9.51. The number of nitrogens with two attached hydrogens (primary N) is 1. The lowest BCUT2D eigenvalue weighted by Gasteiger charge is -1.99. The van der Waals surface area contributed by atoms with Crippen molar-refractivity contribution >= 4 is 17.2 Å². The Hall–Kier alpha value is -2.04. The molecule has 78 valence electrons. The Morgan fingerprint density at radius 1 is 1.67 bits per heavy atom. The van der Waals surface area contributed by atoms with Crippen molar-refractivity contribution in [2.24, 2.45) is 0 Å². The second-order valence-corrected chi connectivity index (χ2v) is 3.07. The van der Waals surface area contributed by atoms with E-state index in [0.29, 0.717) is 23.5 Å². The minimum absolute atomic E-state index is 0.296. The Labute approximate surface area is 86.5 Å². The second-order valence-electron chi connectivity index (χ2n) is 3.07. The predicted molar refractivity (Wildman–Crippen MR) is 55.6 cm³/mol. The van der Waals surface area contributed by atoms with E-state index in [-0.39, 0.29) is 0 Å². The van der Waals surface area contributed by atoms with Crippen LogP contribution in [0.2, 0.25) is 0 Å². The van der Waals surface area contributed by atoms with Crippen molar-refractivity contribution in [2.45, 2.75) is 6.92 Å².